The van der Waals surface area contributed by atoms with Crippen molar-refractivity contribution in [1.82, 2.24) is 4.98 Å². The number of hydrogen-bond donors (Lipinski definition) is 0. The number of pyridine rings is 1. The molecule has 2 aromatic carbocycles. The van der Waals surface area contributed by atoms with Crippen molar-refractivity contribution in [3.63, 3.8) is 0 Å². The molecular weight excluding hydrogens is 459 g/mol. The number of nitrogens with zero attached hydrogens (tertiary/aromatic N) is 2. The van der Waals surface area contributed by atoms with Gasteiger partial charge in [-0.3, -0.25) is 9.59 Å². The fourth-order valence-corrected chi connectivity index (χ4v) is 3.74. The van der Waals surface area contributed by atoms with Crippen LogP contribution in [-0.4, -0.2) is 30.8 Å². The molecule has 1 aliphatic rings. The number of amides is 1. The first-order valence-corrected chi connectivity index (χ1v) is 10.7. The monoisotopic (exact) mass is 476 g/mol. The number of anilines is 1. The van der Waals surface area contributed by atoms with Gasteiger partial charge in [-0.2, -0.15) is 0 Å². The van der Waals surface area contributed by atoms with Crippen LogP contribution in [0.2, 0.25) is 10.0 Å². The summed E-state index contributed by atoms with van der Waals surface area (Å²) in [6, 6.07) is 13.9. The Bertz CT molecular complexity index is 1370. The molecule has 0 spiro atoms. The summed E-state index contributed by atoms with van der Waals surface area (Å²) in [6.07, 6.45) is 3.70. The second-order valence-corrected chi connectivity index (χ2v) is 8.16. The summed E-state index contributed by atoms with van der Waals surface area (Å²) < 4.78 is 5.13. The van der Waals surface area contributed by atoms with E-state index in [4.69, 9.17) is 27.9 Å². The maximum atomic E-state index is 13.2. The Morgan fingerprint density at radius 3 is 2.64 bits per heavy atom. The molecule has 0 fully saturated rings. The molecule has 0 saturated heterocycles. The number of carbonyl (C=O) groups excluding carboxylic acids is 2. The third-order valence-corrected chi connectivity index (χ3v) is 5.91. The number of likely N-dealkylation sites (N-methyl/N-ethyl adjacent to an activating group) is 1. The summed E-state index contributed by atoms with van der Waals surface area (Å²) in [5.41, 5.74) is 3.28. The first-order valence-electron chi connectivity index (χ1n) is 9.98. The maximum Gasteiger partial charge on any atom is 0.262 e. The summed E-state index contributed by atoms with van der Waals surface area (Å²) in [4.78, 5) is 31.6. The van der Waals surface area contributed by atoms with Crippen molar-refractivity contribution in [2.24, 2.45) is 0 Å². The lowest BCUT2D eigenvalue weighted by molar-refractivity contribution is -0.114. The number of aromatic nitrogens is 1. The van der Waals surface area contributed by atoms with Crippen molar-refractivity contribution in [3.8, 4) is 17.7 Å². The van der Waals surface area contributed by atoms with Gasteiger partial charge in [0.2, 0.25) is 11.7 Å². The molecule has 5 nitrogen and oxygen atoms in total. The van der Waals surface area contributed by atoms with E-state index < -0.39 is 0 Å². The second kappa shape index (κ2) is 9.50. The minimum Gasteiger partial charge on any atom is -0.481 e. The fraction of sp³-hybridized carbons (Fsp3) is 0.115. The summed E-state index contributed by atoms with van der Waals surface area (Å²) in [6.45, 7) is 0. The van der Waals surface area contributed by atoms with Gasteiger partial charge >= 0.3 is 0 Å². The van der Waals surface area contributed by atoms with Crippen LogP contribution in [0.3, 0.4) is 0 Å². The summed E-state index contributed by atoms with van der Waals surface area (Å²) in [7, 11) is 3.20. The molecule has 2 heterocycles. The molecule has 1 amide bonds. The molecule has 0 N–H and O–H groups in total. The minimum atomic E-state index is -0.385. The van der Waals surface area contributed by atoms with Gasteiger partial charge in [0.1, 0.15) is 0 Å². The van der Waals surface area contributed by atoms with E-state index in [1.54, 1.807) is 56.8 Å². The van der Waals surface area contributed by atoms with Crippen molar-refractivity contribution in [2.75, 3.05) is 19.1 Å². The van der Waals surface area contributed by atoms with Crippen LogP contribution in [0.5, 0.6) is 5.88 Å². The third-order valence-electron chi connectivity index (χ3n) is 5.17. The van der Waals surface area contributed by atoms with Gasteiger partial charge in [0.05, 0.1) is 28.4 Å². The summed E-state index contributed by atoms with van der Waals surface area (Å²) >= 11 is 12.0. The Kier molecular flexibility index (Phi) is 6.50. The number of ketones is 1. The second-order valence-electron chi connectivity index (χ2n) is 7.34. The normalized spacial score (nSPS) is 14.1. The number of Topliss-reactive ketones (excluding diaryl/α,β-unsaturated/α-hetero) is 1. The van der Waals surface area contributed by atoms with Gasteiger partial charge in [0, 0.05) is 36.9 Å². The fourth-order valence-electron chi connectivity index (χ4n) is 3.44. The van der Waals surface area contributed by atoms with Gasteiger partial charge in [0.25, 0.3) is 5.91 Å². The zero-order valence-electron chi connectivity index (χ0n) is 17.9. The van der Waals surface area contributed by atoms with Crippen LogP contribution in [0.4, 0.5) is 5.69 Å². The predicted octanol–water partition coefficient (Wildman–Crippen LogP) is 5.23. The van der Waals surface area contributed by atoms with Gasteiger partial charge in [-0.25, -0.2) is 4.98 Å². The Balaban J connectivity index is 1.64. The van der Waals surface area contributed by atoms with Gasteiger partial charge in [-0.1, -0.05) is 41.1 Å². The molecule has 7 heteroatoms. The number of ether oxygens (including phenoxy) is 1. The van der Waals surface area contributed by atoms with Crippen molar-refractivity contribution in [1.29, 1.82) is 0 Å². The van der Waals surface area contributed by atoms with E-state index in [1.807, 2.05) is 12.1 Å². The number of carbonyl (C=O) groups is 2. The molecule has 0 aliphatic carbocycles. The van der Waals surface area contributed by atoms with Crippen molar-refractivity contribution < 1.29 is 14.3 Å². The number of rotatable bonds is 3. The van der Waals surface area contributed by atoms with E-state index in [0.29, 0.717) is 44.7 Å². The van der Waals surface area contributed by atoms with Crippen LogP contribution >= 0.6 is 23.2 Å². The van der Waals surface area contributed by atoms with Gasteiger partial charge in [0.15, 0.2) is 0 Å². The van der Waals surface area contributed by atoms with Crippen LogP contribution in [0.1, 0.15) is 27.0 Å². The van der Waals surface area contributed by atoms with E-state index >= 15 is 0 Å². The Morgan fingerprint density at radius 2 is 1.88 bits per heavy atom. The first kappa shape index (κ1) is 22.6. The first-order chi connectivity index (χ1) is 15.9. The molecule has 3 aromatic rings. The van der Waals surface area contributed by atoms with E-state index in [0.717, 1.165) is 5.56 Å². The number of hydrogen-bond acceptors (Lipinski definition) is 4. The average Bonchev–Trinajstić information content (AvgIpc) is 2.82. The van der Waals surface area contributed by atoms with Crippen LogP contribution in [0.25, 0.3) is 6.08 Å². The highest BCUT2D eigenvalue weighted by Crippen LogP contribution is 2.32. The molecule has 33 heavy (non-hydrogen) atoms. The molecular formula is C26H18Cl2N2O3. The summed E-state index contributed by atoms with van der Waals surface area (Å²) in [5, 5.41) is 0.746. The molecule has 164 valence electrons. The quantitative estimate of drug-likeness (QED) is 0.294. The van der Waals surface area contributed by atoms with E-state index in [1.165, 1.54) is 11.0 Å². The van der Waals surface area contributed by atoms with Gasteiger partial charge in [-0.05, 0) is 53.6 Å². The smallest absolute Gasteiger partial charge is 0.262 e. The largest absolute Gasteiger partial charge is 0.481 e. The zero-order chi connectivity index (χ0) is 23.5. The highest BCUT2D eigenvalue weighted by Gasteiger charge is 2.32. The van der Waals surface area contributed by atoms with Crippen molar-refractivity contribution in [3.05, 3.63) is 92.6 Å². The molecule has 0 unspecified atom stereocenters. The Morgan fingerprint density at radius 1 is 1.06 bits per heavy atom. The molecule has 0 saturated carbocycles. The SMILES string of the molecule is COc1cc(CC#Cc2ccc3c(c2)C(=O)/C(=C/c2ccc(Cl)c(Cl)c2)C(=O)N3C)ccn1. The van der Waals surface area contributed by atoms with E-state index in [2.05, 4.69) is 16.8 Å². The molecule has 0 bridgehead atoms. The highest BCUT2D eigenvalue weighted by molar-refractivity contribution is 6.42. The van der Waals surface area contributed by atoms with Crippen LogP contribution < -0.4 is 9.64 Å². The predicted molar refractivity (Wildman–Crippen MR) is 130 cm³/mol. The van der Waals surface area contributed by atoms with Crippen LogP contribution in [0.15, 0.2) is 60.3 Å². The van der Waals surface area contributed by atoms with Gasteiger partial charge in [-0.15, -0.1) is 0 Å². The average molecular weight is 477 g/mol. The van der Waals surface area contributed by atoms with Crippen molar-refractivity contribution in [2.45, 2.75) is 6.42 Å². The maximum absolute atomic E-state index is 13.2. The lowest BCUT2D eigenvalue weighted by Gasteiger charge is -2.26. The molecule has 1 aliphatic heterocycles. The van der Waals surface area contributed by atoms with E-state index in [-0.39, 0.29) is 17.3 Å². The lowest BCUT2D eigenvalue weighted by Crippen LogP contribution is -2.36. The molecule has 0 radical (unpaired) electrons. The van der Waals surface area contributed by atoms with Crippen molar-refractivity contribution >= 4 is 46.7 Å². The zero-order valence-corrected chi connectivity index (χ0v) is 19.4. The number of halogens is 2. The number of fused-ring (bicyclic) bond motifs is 1. The Labute approximate surface area is 201 Å². The number of benzene rings is 2. The third kappa shape index (κ3) is 4.78. The molecule has 1 aromatic heterocycles. The van der Waals surface area contributed by atoms with E-state index in [9.17, 15) is 9.59 Å². The van der Waals surface area contributed by atoms with Crippen LogP contribution in [-0.2, 0) is 11.2 Å². The molecule has 0 atom stereocenters. The minimum absolute atomic E-state index is 0.0531. The topological polar surface area (TPSA) is 59.5 Å². The Hall–Kier alpha value is -3.59. The summed E-state index contributed by atoms with van der Waals surface area (Å²) in [5.74, 6) is 5.98. The standard InChI is InChI=1S/C26H18Cl2N2O3/c1-30-23-9-7-16(4-3-5-17-10-11-29-24(15-17)33-2)12-19(23)25(31)20(26(30)32)13-18-6-8-21(27)22(28)14-18/h6-15H,5H2,1-2H3/b20-13-. The lowest BCUT2D eigenvalue weighted by atomic mass is 9.92. The highest BCUT2D eigenvalue weighted by atomic mass is 35.5. The molecule has 4 rings (SSSR count). The van der Waals surface area contributed by atoms with Gasteiger partial charge < -0.3 is 9.64 Å². The van der Waals surface area contributed by atoms with Crippen LogP contribution in [0, 0.1) is 11.8 Å². The number of methoxy groups -OCH3 is 1.